The van der Waals surface area contributed by atoms with E-state index in [0.29, 0.717) is 6.20 Å². The van der Waals surface area contributed by atoms with Gasteiger partial charge in [-0.2, -0.15) is 17.5 Å². The van der Waals surface area contributed by atoms with Gasteiger partial charge >= 0.3 is 6.18 Å². The van der Waals surface area contributed by atoms with Gasteiger partial charge in [0.05, 0.1) is 25.3 Å². The fourth-order valence-corrected chi connectivity index (χ4v) is 4.55. The zero-order valence-corrected chi connectivity index (χ0v) is 15.9. The van der Waals surface area contributed by atoms with Gasteiger partial charge in [0.2, 0.25) is 15.9 Å². The molecule has 1 fully saturated rings. The highest BCUT2D eigenvalue weighted by Gasteiger charge is 2.35. The van der Waals surface area contributed by atoms with Crippen molar-refractivity contribution < 1.29 is 35.6 Å². The lowest BCUT2D eigenvalue weighted by molar-refractivity contribution is -0.137. The Hall–Kier alpha value is -2.18. The van der Waals surface area contributed by atoms with E-state index < -0.39 is 27.9 Å². The smallest absolute Gasteiger partial charge is 0.417 e. The van der Waals surface area contributed by atoms with E-state index in [1.165, 1.54) is 18.2 Å². The van der Waals surface area contributed by atoms with E-state index in [9.17, 15) is 21.6 Å². The van der Waals surface area contributed by atoms with E-state index in [1.807, 2.05) is 0 Å². The minimum absolute atomic E-state index is 0.0131. The van der Waals surface area contributed by atoms with Crippen LogP contribution in [0.25, 0.3) is 0 Å². The molecule has 0 amide bonds. The highest BCUT2D eigenvalue weighted by Crippen LogP contribution is 2.29. The Balaban J connectivity index is 1.77. The van der Waals surface area contributed by atoms with Crippen LogP contribution in [0.2, 0.25) is 0 Å². The molecule has 2 aromatic heterocycles. The molecule has 12 heteroatoms. The zero-order valence-electron chi connectivity index (χ0n) is 15.1. The van der Waals surface area contributed by atoms with Gasteiger partial charge in [-0.25, -0.2) is 13.4 Å². The van der Waals surface area contributed by atoms with E-state index in [-0.39, 0.29) is 48.5 Å². The van der Waals surface area contributed by atoms with Crippen LogP contribution in [0.5, 0.6) is 5.88 Å². The maximum Gasteiger partial charge on any atom is 0.417 e. The molecule has 0 radical (unpaired) electrons. The van der Waals surface area contributed by atoms with Gasteiger partial charge in [-0.1, -0.05) is 5.16 Å². The monoisotopic (exact) mass is 421 g/mol. The Kier molecular flexibility index (Phi) is 5.64. The summed E-state index contributed by atoms with van der Waals surface area (Å²) < 4.78 is 80.9. The summed E-state index contributed by atoms with van der Waals surface area (Å²) in [4.78, 5) is 3.63. The summed E-state index contributed by atoms with van der Waals surface area (Å²) in [6.45, 7) is 3.26. The number of aromatic nitrogens is 2. The van der Waals surface area contributed by atoms with E-state index in [2.05, 4.69) is 10.1 Å². The van der Waals surface area contributed by atoms with Crippen LogP contribution >= 0.6 is 0 Å². The zero-order chi connectivity index (χ0) is 20.5. The molecule has 1 aliphatic rings. The molecule has 0 aliphatic carbocycles. The highest BCUT2D eigenvalue weighted by molar-refractivity contribution is 7.89. The Bertz CT molecular complexity index is 908. The van der Waals surface area contributed by atoms with E-state index >= 15 is 0 Å². The predicted octanol–water partition coefficient (Wildman–Crippen LogP) is 2.17. The first-order chi connectivity index (χ1) is 13.1. The average molecular weight is 421 g/mol. The number of hydrogen-bond donors (Lipinski definition) is 0. The van der Waals surface area contributed by atoms with Crippen molar-refractivity contribution in [1.29, 1.82) is 0 Å². The van der Waals surface area contributed by atoms with Crippen LogP contribution in [0.4, 0.5) is 13.2 Å². The molecule has 3 rings (SSSR count). The molecule has 2 aromatic rings. The first kappa shape index (κ1) is 20.6. The Morgan fingerprint density at radius 2 is 2.04 bits per heavy atom. The number of aryl methyl sites for hydroxylation is 2. The molecule has 0 unspecified atom stereocenters. The molecule has 1 atom stereocenters. The van der Waals surface area contributed by atoms with Crippen LogP contribution in [-0.4, -0.2) is 55.3 Å². The number of pyridine rings is 1. The van der Waals surface area contributed by atoms with E-state index in [0.717, 1.165) is 12.1 Å². The molecule has 0 N–H and O–H groups in total. The minimum Gasteiger partial charge on any atom is -0.470 e. The van der Waals surface area contributed by atoms with Crippen molar-refractivity contribution in [3.63, 3.8) is 0 Å². The second kappa shape index (κ2) is 7.68. The number of nitrogens with zero attached hydrogens (tertiary/aromatic N) is 3. The molecule has 8 nitrogen and oxygen atoms in total. The molecule has 0 spiro atoms. The lowest BCUT2D eigenvalue weighted by atomic mass is 10.3. The summed E-state index contributed by atoms with van der Waals surface area (Å²) in [7, 11) is -3.91. The number of rotatable bonds is 4. The van der Waals surface area contributed by atoms with Crippen LogP contribution in [0.1, 0.15) is 17.0 Å². The molecule has 154 valence electrons. The van der Waals surface area contributed by atoms with Crippen molar-refractivity contribution in [3.05, 3.63) is 35.3 Å². The second-order valence-corrected chi connectivity index (χ2v) is 8.09. The van der Waals surface area contributed by atoms with Gasteiger partial charge in [0, 0.05) is 18.8 Å². The first-order valence-electron chi connectivity index (χ1n) is 8.29. The Labute approximate surface area is 159 Å². The van der Waals surface area contributed by atoms with Crippen LogP contribution in [-0.2, 0) is 20.9 Å². The van der Waals surface area contributed by atoms with Crippen molar-refractivity contribution in [2.45, 2.75) is 31.0 Å². The van der Waals surface area contributed by atoms with Gasteiger partial charge in [0.15, 0.2) is 5.76 Å². The summed E-state index contributed by atoms with van der Waals surface area (Å²) in [6.07, 6.45) is -4.59. The largest absolute Gasteiger partial charge is 0.470 e. The van der Waals surface area contributed by atoms with E-state index in [4.69, 9.17) is 14.0 Å². The number of alkyl halides is 3. The third-order valence-electron chi connectivity index (χ3n) is 4.11. The number of sulfonamides is 1. The molecular formula is C16H18F3N3O5S. The standard InChI is InChI=1S/C16H18F3N3O5S/c1-10-15(11(2)27-21-10)28(23,24)22-5-6-25-9-13(8-22)26-14-4-3-12(7-20-14)16(17,18)19/h3-4,7,13H,5-6,8-9H2,1-2H3/t13-/m1/s1. The molecule has 0 bridgehead atoms. The van der Waals surface area contributed by atoms with Gasteiger partial charge in [-0.3, -0.25) is 0 Å². The molecular weight excluding hydrogens is 403 g/mol. The number of hydrogen-bond acceptors (Lipinski definition) is 7. The van der Waals surface area contributed by atoms with Crippen molar-refractivity contribution in [1.82, 2.24) is 14.4 Å². The fourth-order valence-electron chi connectivity index (χ4n) is 2.80. The molecule has 3 heterocycles. The first-order valence-corrected chi connectivity index (χ1v) is 9.73. The summed E-state index contributed by atoms with van der Waals surface area (Å²) >= 11 is 0. The van der Waals surface area contributed by atoms with Gasteiger partial charge in [-0.05, 0) is 19.9 Å². The van der Waals surface area contributed by atoms with Crippen molar-refractivity contribution in [2.24, 2.45) is 0 Å². The summed E-state index contributed by atoms with van der Waals surface area (Å²) in [5, 5.41) is 3.67. The van der Waals surface area contributed by atoms with Gasteiger partial charge in [-0.15, -0.1) is 0 Å². The van der Waals surface area contributed by atoms with Gasteiger partial charge in [0.1, 0.15) is 16.7 Å². The fraction of sp³-hybridized carbons (Fsp3) is 0.500. The molecule has 1 aliphatic heterocycles. The summed E-state index contributed by atoms with van der Waals surface area (Å²) in [5.74, 6) is 0.114. The lowest BCUT2D eigenvalue weighted by Gasteiger charge is -2.23. The van der Waals surface area contributed by atoms with Crippen molar-refractivity contribution in [3.8, 4) is 5.88 Å². The molecule has 1 saturated heterocycles. The number of ether oxygens (including phenoxy) is 2. The van der Waals surface area contributed by atoms with Gasteiger partial charge in [0.25, 0.3) is 0 Å². The van der Waals surface area contributed by atoms with Gasteiger partial charge < -0.3 is 14.0 Å². The third kappa shape index (κ3) is 4.28. The lowest BCUT2D eigenvalue weighted by Crippen LogP contribution is -2.40. The highest BCUT2D eigenvalue weighted by atomic mass is 32.2. The molecule has 0 saturated carbocycles. The van der Waals surface area contributed by atoms with Crippen LogP contribution in [0, 0.1) is 13.8 Å². The average Bonchev–Trinajstić information content (AvgIpc) is 2.81. The Morgan fingerprint density at radius 3 is 2.61 bits per heavy atom. The maximum atomic E-state index is 13.0. The second-order valence-electron chi connectivity index (χ2n) is 6.21. The predicted molar refractivity (Wildman–Crippen MR) is 89.2 cm³/mol. The van der Waals surface area contributed by atoms with Crippen LogP contribution in [0.3, 0.4) is 0 Å². The minimum atomic E-state index is -4.50. The summed E-state index contributed by atoms with van der Waals surface area (Å²) in [6, 6.07) is 1.93. The topological polar surface area (TPSA) is 94.8 Å². The SMILES string of the molecule is Cc1noc(C)c1S(=O)(=O)N1CCOC[C@H](Oc2ccc(C(F)(F)F)cn2)C1. The van der Waals surface area contributed by atoms with Crippen LogP contribution in [0.15, 0.2) is 27.7 Å². The van der Waals surface area contributed by atoms with Crippen molar-refractivity contribution in [2.75, 3.05) is 26.3 Å². The Morgan fingerprint density at radius 1 is 1.29 bits per heavy atom. The normalized spacial score (nSPS) is 19.4. The van der Waals surface area contributed by atoms with Crippen molar-refractivity contribution >= 4 is 10.0 Å². The third-order valence-corrected chi connectivity index (χ3v) is 6.22. The summed E-state index contributed by atoms with van der Waals surface area (Å²) in [5.41, 5.74) is -0.663. The van der Waals surface area contributed by atoms with E-state index in [1.54, 1.807) is 0 Å². The molecule has 28 heavy (non-hydrogen) atoms. The van der Waals surface area contributed by atoms with Crippen LogP contribution < -0.4 is 4.74 Å². The number of halogens is 3. The molecule has 0 aromatic carbocycles. The maximum absolute atomic E-state index is 13.0. The quantitative estimate of drug-likeness (QED) is 0.747.